The molecule has 0 amide bonds. The molecule has 5 nitrogen and oxygen atoms in total. The van der Waals surface area contributed by atoms with Gasteiger partial charge in [0.2, 0.25) is 0 Å². The number of aliphatic hydroxyl groups is 2. The first-order valence-corrected chi connectivity index (χ1v) is 6.04. The van der Waals surface area contributed by atoms with Crippen molar-refractivity contribution in [3.8, 4) is 5.75 Å². The molecule has 0 heterocycles. The van der Waals surface area contributed by atoms with Gasteiger partial charge in [-0.3, -0.25) is 0 Å². The van der Waals surface area contributed by atoms with E-state index in [0.29, 0.717) is 25.3 Å². The van der Waals surface area contributed by atoms with Crippen LogP contribution in [0, 0.1) is 0 Å². The van der Waals surface area contributed by atoms with Crippen LogP contribution in [0.4, 0.5) is 0 Å². The molecule has 0 aromatic heterocycles. The van der Waals surface area contributed by atoms with Crippen molar-refractivity contribution in [1.29, 1.82) is 0 Å². The van der Waals surface area contributed by atoms with E-state index in [1.54, 1.807) is 0 Å². The monoisotopic (exact) mass is 255 g/mol. The Morgan fingerprint density at radius 3 is 2.50 bits per heavy atom. The van der Waals surface area contributed by atoms with Gasteiger partial charge in [0.1, 0.15) is 18.5 Å². The first kappa shape index (κ1) is 14.9. The summed E-state index contributed by atoms with van der Waals surface area (Å²) in [5.74, 6) is 0.696. The van der Waals surface area contributed by atoms with E-state index in [4.69, 9.17) is 20.3 Å². The van der Waals surface area contributed by atoms with Gasteiger partial charge in [0.05, 0.1) is 6.61 Å². The van der Waals surface area contributed by atoms with E-state index in [0.717, 1.165) is 5.56 Å². The van der Waals surface area contributed by atoms with Crippen molar-refractivity contribution in [3.63, 3.8) is 0 Å². The van der Waals surface area contributed by atoms with Crippen LogP contribution >= 0.6 is 0 Å². The van der Waals surface area contributed by atoms with E-state index in [2.05, 4.69) is 0 Å². The van der Waals surface area contributed by atoms with Crippen LogP contribution in [0.2, 0.25) is 0 Å². The summed E-state index contributed by atoms with van der Waals surface area (Å²) in [6.45, 7) is 1.43. The lowest BCUT2D eigenvalue weighted by molar-refractivity contribution is 0.00842. The third kappa shape index (κ3) is 5.97. The maximum Gasteiger partial charge on any atom is 0.119 e. The summed E-state index contributed by atoms with van der Waals surface area (Å²) >= 11 is 0. The Morgan fingerprint density at radius 2 is 1.89 bits per heavy atom. The zero-order chi connectivity index (χ0) is 13.2. The summed E-state index contributed by atoms with van der Waals surface area (Å²) < 4.78 is 10.6. The normalized spacial score (nSPS) is 12.4. The SMILES string of the molecule is NCc1ccc(OCC(O)COCCCO)cc1. The molecule has 1 atom stereocenters. The molecule has 0 aliphatic heterocycles. The van der Waals surface area contributed by atoms with Gasteiger partial charge in [0.25, 0.3) is 0 Å². The lowest BCUT2D eigenvalue weighted by Gasteiger charge is -2.12. The Labute approximate surface area is 107 Å². The number of ether oxygens (including phenoxy) is 2. The van der Waals surface area contributed by atoms with Gasteiger partial charge >= 0.3 is 0 Å². The average Bonchev–Trinajstić information content (AvgIpc) is 2.42. The van der Waals surface area contributed by atoms with Crippen LogP contribution in [0.1, 0.15) is 12.0 Å². The number of nitrogens with two attached hydrogens (primary N) is 1. The van der Waals surface area contributed by atoms with Crippen LogP contribution in [0.25, 0.3) is 0 Å². The third-order valence-electron chi connectivity index (χ3n) is 2.36. The number of benzene rings is 1. The minimum absolute atomic E-state index is 0.0973. The molecule has 18 heavy (non-hydrogen) atoms. The molecule has 1 rings (SSSR count). The molecule has 1 aromatic carbocycles. The molecule has 102 valence electrons. The summed E-state index contributed by atoms with van der Waals surface area (Å²) in [7, 11) is 0. The Hall–Kier alpha value is -1.14. The van der Waals surface area contributed by atoms with Gasteiger partial charge in [-0.1, -0.05) is 12.1 Å². The molecule has 0 radical (unpaired) electrons. The lowest BCUT2D eigenvalue weighted by Crippen LogP contribution is -2.23. The van der Waals surface area contributed by atoms with Gasteiger partial charge in [-0.2, -0.15) is 0 Å². The van der Waals surface area contributed by atoms with Gasteiger partial charge in [0.15, 0.2) is 0 Å². The van der Waals surface area contributed by atoms with E-state index in [-0.39, 0.29) is 19.8 Å². The highest BCUT2D eigenvalue weighted by Gasteiger charge is 2.05. The largest absolute Gasteiger partial charge is 0.491 e. The Bertz CT molecular complexity index is 315. The highest BCUT2D eigenvalue weighted by atomic mass is 16.5. The summed E-state index contributed by atoms with van der Waals surface area (Å²) in [6.07, 6.45) is -0.0911. The van der Waals surface area contributed by atoms with Crippen molar-refractivity contribution in [2.24, 2.45) is 5.73 Å². The van der Waals surface area contributed by atoms with Gasteiger partial charge in [-0.25, -0.2) is 0 Å². The molecule has 0 aliphatic carbocycles. The topological polar surface area (TPSA) is 84.9 Å². The van der Waals surface area contributed by atoms with Crippen LogP contribution in [-0.2, 0) is 11.3 Å². The fraction of sp³-hybridized carbons (Fsp3) is 0.538. The predicted molar refractivity (Wildman–Crippen MR) is 68.4 cm³/mol. The molecule has 0 bridgehead atoms. The second-order valence-corrected chi connectivity index (χ2v) is 3.96. The standard InChI is InChI=1S/C13H21NO4/c14-8-11-2-4-13(5-3-11)18-10-12(16)9-17-7-1-6-15/h2-5,12,15-16H,1,6-10,14H2. The van der Waals surface area contributed by atoms with Crippen molar-refractivity contribution in [2.45, 2.75) is 19.1 Å². The molecular weight excluding hydrogens is 234 g/mol. The van der Waals surface area contributed by atoms with Crippen molar-refractivity contribution in [3.05, 3.63) is 29.8 Å². The zero-order valence-electron chi connectivity index (χ0n) is 10.4. The van der Waals surface area contributed by atoms with Crippen molar-refractivity contribution in [2.75, 3.05) is 26.4 Å². The van der Waals surface area contributed by atoms with Gasteiger partial charge < -0.3 is 25.4 Å². The fourth-order valence-electron chi connectivity index (χ4n) is 1.35. The first-order chi connectivity index (χ1) is 8.76. The Balaban J connectivity index is 2.18. The van der Waals surface area contributed by atoms with Crippen LogP contribution in [-0.4, -0.2) is 42.7 Å². The molecule has 0 fully saturated rings. The minimum atomic E-state index is -0.669. The molecule has 0 saturated carbocycles. The van der Waals surface area contributed by atoms with E-state index < -0.39 is 6.10 Å². The van der Waals surface area contributed by atoms with E-state index in [1.807, 2.05) is 24.3 Å². The zero-order valence-corrected chi connectivity index (χ0v) is 10.4. The second kappa shape index (κ2) is 8.88. The first-order valence-electron chi connectivity index (χ1n) is 6.04. The maximum absolute atomic E-state index is 9.58. The molecular formula is C13H21NO4. The highest BCUT2D eigenvalue weighted by molar-refractivity contribution is 5.27. The number of hydrogen-bond acceptors (Lipinski definition) is 5. The second-order valence-electron chi connectivity index (χ2n) is 3.96. The van der Waals surface area contributed by atoms with Crippen molar-refractivity contribution >= 4 is 0 Å². The molecule has 4 N–H and O–H groups in total. The van der Waals surface area contributed by atoms with Crippen LogP contribution in [0.3, 0.4) is 0 Å². The van der Waals surface area contributed by atoms with E-state index in [9.17, 15) is 5.11 Å². The Kier molecular flexibility index (Phi) is 7.36. The molecule has 1 unspecified atom stereocenters. The van der Waals surface area contributed by atoms with Crippen molar-refractivity contribution in [1.82, 2.24) is 0 Å². The van der Waals surface area contributed by atoms with Gasteiger partial charge in [-0.15, -0.1) is 0 Å². The average molecular weight is 255 g/mol. The lowest BCUT2D eigenvalue weighted by atomic mass is 10.2. The summed E-state index contributed by atoms with van der Waals surface area (Å²) in [5, 5.41) is 18.1. The molecule has 1 aromatic rings. The molecule has 5 heteroatoms. The summed E-state index contributed by atoms with van der Waals surface area (Å²) in [6, 6.07) is 7.42. The quantitative estimate of drug-likeness (QED) is 0.552. The van der Waals surface area contributed by atoms with Crippen molar-refractivity contribution < 1.29 is 19.7 Å². The van der Waals surface area contributed by atoms with E-state index in [1.165, 1.54) is 0 Å². The Morgan fingerprint density at radius 1 is 1.17 bits per heavy atom. The molecule has 0 saturated heterocycles. The van der Waals surface area contributed by atoms with E-state index >= 15 is 0 Å². The van der Waals surface area contributed by atoms with Crippen LogP contribution < -0.4 is 10.5 Å². The fourth-order valence-corrected chi connectivity index (χ4v) is 1.35. The third-order valence-corrected chi connectivity index (χ3v) is 2.36. The van der Waals surface area contributed by atoms with Gasteiger partial charge in [-0.05, 0) is 24.1 Å². The van der Waals surface area contributed by atoms with Crippen LogP contribution in [0.15, 0.2) is 24.3 Å². The summed E-state index contributed by atoms with van der Waals surface area (Å²) in [5.41, 5.74) is 6.52. The highest BCUT2D eigenvalue weighted by Crippen LogP contribution is 2.12. The number of hydrogen-bond donors (Lipinski definition) is 3. The van der Waals surface area contributed by atoms with Gasteiger partial charge in [0, 0.05) is 19.8 Å². The van der Waals surface area contributed by atoms with Crippen LogP contribution in [0.5, 0.6) is 5.75 Å². The molecule has 0 spiro atoms. The number of aliphatic hydroxyl groups excluding tert-OH is 2. The maximum atomic E-state index is 9.58. The number of rotatable bonds is 9. The molecule has 0 aliphatic rings. The smallest absolute Gasteiger partial charge is 0.119 e. The predicted octanol–water partition coefficient (Wildman–Crippen LogP) is 0.284. The summed E-state index contributed by atoms with van der Waals surface area (Å²) in [4.78, 5) is 0. The minimum Gasteiger partial charge on any atom is -0.491 e.